The lowest BCUT2D eigenvalue weighted by molar-refractivity contribution is -0.325. The van der Waals surface area contributed by atoms with Crippen LogP contribution in [0.25, 0.3) is 0 Å². The van der Waals surface area contributed by atoms with Crippen LogP contribution in [-0.4, -0.2) is 45.3 Å². The van der Waals surface area contributed by atoms with Gasteiger partial charge >= 0.3 is 0 Å². The first kappa shape index (κ1) is 16.6. The minimum atomic E-state index is -4.17. The highest BCUT2D eigenvalue weighted by molar-refractivity contribution is 8.05. The standard InChI is InChI=1S/C9H19B2O5PS/c1-6(2)14-5-8-7(16-17(12,13)18)4-9(15-8)11-10-3/h6-9H,4-5H2,1-3H3,(H2,12,13,18)/p-2. The third-order valence-corrected chi connectivity index (χ3v) is 3.28. The third kappa shape index (κ3) is 6.15. The summed E-state index contributed by atoms with van der Waals surface area (Å²) in [6.45, 7) is 1.81. The van der Waals surface area contributed by atoms with Crippen molar-refractivity contribution in [3.63, 3.8) is 0 Å². The molecular formula is C9H17B2O5PS-2. The van der Waals surface area contributed by atoms with E-state index in [4.69, 9.17) is 14.0 Å². The summed E-state index contributed by atoms with van der Waals surface area (Å²) in [5.74, 6) is 0. The maximum absolute atomic E-state index is 11.0. The topological polar surface area (TPSA) is 73.8 Å². The molecule has 3 unspecified atom stereocenters. The molecule has 0 aromatic carbocycles. The Morgan fingerprint density at radius 1 is 1.50 bits per heavy atom. The molecule has 3 atom stereocenters. The van der Waals surface area contributed by atoms with Gasteiger partial charge in [0, 0.05) is 6.00 Å². The highest BCUT2D eigenvalue weighted by atomic mass is 32.5. The molecule has 0 spiro atoms. The van der Waals surface area contributed by atoms with Crippen LogP contribution in [0, 0.1) is 0 Å². The molecular weight excluding hydrogens is 273 g/mol. The first-order valence-corrected chi connectivity index (χ1v) is 8.47. The van der Waals surface area contributed by atoms with Crippen LogP contribution in [0.4, 0.5) is 0 Å². The smallest absolute Gasteiger partial charge is 0.107 e. The van der Waals surface area contributed by atoms with E-state index in [2.05, 4.69) is 11.8 Å². The monoisotopic (exact) mass is 290 g/mol. The Morgan fingerprint density at radius 3 is 2.67 bits per heavy atom. The lowest BCUT2D eigenvalue weighted by atomic mass is 9.38. The zero-order valence-corrected chi connectivity index (χ0v) is 12.5. The summed E-state index contributed by atoms with van der Waals surface area (Å²) in [6, 6.07) is -0.151. The summed E-state index contributed by atoms with van der Waals surface area (Å²) in [4.78, 5) is 22.1. The van der Waals surface area contributed by atoms with Crippen molar-refractivity contribution in [2.24, 2.45) is 0 Å². The highest BCUT2D eigenvalue weighted by Gasteiger charge is 2.35. The number of ether oxygens (including phenoxy) is 2. The van der Waals surface area contributed by atoms with E-state index in [0.29, 0.717) is 13.0 Å². The van der Waals surface area contributed by atoms with Crippen LogP contribution in [0.2, 0.25) is 6.82 Å². The Hall–Kier alpha value is 0.580. The number of rotatable bonds is 7. The molecule has 0 bridgehead atoms. The molecule has 1 saturated heterocycles. The maximum Gasteiger partial charge on any atom is 0.107 e. The quantitative estimate of drug-likeness (QED) is 0.453. The predicted octanol–water partition coefficient (Wildman–Crippen LogP) is -0.772. The van der Waals surface area contributed by atoms with E-state index in [1.807, 2.05) is 35.0 Å². The molecule has 1 aliphatic rings. The second-order valence-electron chi connectivity index (χ2n) is 4.45. The molecule has 1 heterocycles. The van der Waals surface area contributed by atoms with Gasteiger partial charge in [-0.25, -0.2) is 0 Å². The molecule has 102 valence electrons. The van der Waals surface area contributed by atoms with E-state index in [1.165, 1.54) is 0 Å². The van der Waals surface area contributed by atoms with Crippen molar-refractivity contribution in [3.05, 3.63) is 0 Å². The van der Waals surface area contributed by atoms with Gasteiger partial charge in [-0.2, -0.15) is 0 Å². The molecule has 0 aliphatic carbocycles. The van der Waals surface area contributed by atoms with Gasteiger partial charge in [-0.15, -0.1) is 11.8 Å². The van der Waals surface area contributed by atoms with Crippen molar-refractivity contribution in [1.29, 1.82) is 0 Å². The zero-order chi connectivity index (χ0) is 13.8. The fourth-order valence-electron chi connectivity index (χ4n) is 1.80. The summed E-state index contributed by atoms with van der Waals surface area (Å²) < 4.78 is 16.0. The van der Waals surface area contributed by atoms with Crippen molar-refractivity contribution < 1.29 is 23.8 Å². The molecule has 1 aliphatic heterocycles. The van der Waals surface area contributed by atoms with Gasteiger partial charge in [0.1, 0.15) is 13.3 Å². The molecule has 18 heavy (non-hydrogen) atoms. The minimum absolute atomic E-state index is 0.0533. The van der Waals surface area contributed by atoms with Gasteiger partial charge in [-0.1, -0.05) is 13.5 Å². The van der Waals surface area contributed by atoms with Gasteiger partial charge in [-0.3, -0.25) is 0 Å². The SMILES string of the molecule is C[B][B]C1CC(OP([O-])([O-])=S)C(COC(C)C)O1. The Morgan fingerprint density at radius 2 is 2.17 bits per heavy atom. The predicted molar refractivity (Wildman–Crippen MR) is 70.9 cm³/mol. The Labute approximate surface area is 115 Å². The van der Waals surface area contributed by atoms with Crippen molar-refractivity contribution in [2.45, 2.75) is 51.4 Å². The van der Waals surface area contributed by atoms with Gasteiger partial charge in [0.25, 0.3) is 0 Å². The molecule has 0 saturated carbocycles. The fraction of sp³-hybridized carbons (Fsp3) is 1.00. The molecule has 2 radical (unpaired) electrons. The maximum atomic E-state index is 11.0. The normalized spacial score (nSPS) is 28.7. The van der Waals surface area contributed by atoms with Gasteiger partial charge in [0.2, 0.25) is 0 Å². The van der Waals surface area contributed by atoms with E-state index in [-0.39, 0.29) is 12.1 Å². The molecule has 9 heteroatoms. The van der Waals surface area contributed by atoms with Crippen LogP contribution in [0.1, 0.15) is 20.3 Å². The number of hydrogen-bond acceptors (Lipinski definition) is 6. The molecule has 5 nitrogen and oxygen atoms in total. The Kier molecular flexibility index (Phi) is 6.82. The van der Waals surface area contributed by atoms with E-state index in [1.54, 1.807) is 0 Å². The second kappa shape index (κ2) is 7.39. The summed E-state index contributed by atoms with van der Waals surface area (Å²) in [6.07, 6.45) is -0.443. The van der Waals surface area contributed by atoms with Crippen LogP contribution in [0.3, 0.4) is 0 Å². The minimum Gasteiger partial charge on any atom is -0.812 e. The van der Waals surface area contributed by atoms with Gasteiger partial charge in [-0.05, 0) is 20.3 Å². The fourth-order valence-corrected chi connectivity index (χ4v) is 2.68. The van der Waals surface area contributed by atoms with Crippen molar-refractivity contribution in [1.82, 2.24) is 0 Å². The third-order valence-electron chi connectivity index (χ3n) is 2.49. The van der Waals surface area contributed by atoms with Gasteiger partial charge < -0.3 is 23.8 Å². The van der Waals surface area contributed by atoms with Gasteiger partial charge in [0.15, 0.2) is 0 Å². The van der Waals surface area contributed by atoms with Crippen LogP contribution >= 0.6 is 6.72 Å². The van der Waals surface area contributed by atoms with E-state index in [0.717, 1.165) is 0 Å². The first-order chi connectivity index (χ1) is 8.31. The van der Waals surface area contributed by atoms with Crippen LogP contribution in [0.15, 0.2) is 0 Å². The first-order valence-electron chi connectivity index (χ1n) is 5.92. The van der Waals surface area contributed by atoms with E-state index < -0.39 is 18.9 Å². The number of hydrogen-bond donors (Lipinski definition) is 0. The van der Waals surface area contributed by atoms with Crippen LogP contribution < -0.4 is 9.79 Å². The second-order valence-corrected chi connectivity index (χ2v) is 6.89. The van der Waals surface area contributed by atoms with Crippen molar-refractivity contribution in [2.75, 3.05) is 6.61 Å². The van der Waals surface area contributed by atoms with E-state index in [9.17, 15) is 9.79 Å². The summed E-state index contributed by atoms with van der Waals surface area (Å²) in [7, 11) is 3.72. The zero-order valence-electron chi connectivity index (χ0n) is 10.8. The average Bonchev–Trinajstić information content (AvgIpc) is 2.55. The highest BCUT2D eigenvalue weighted by Crippen LogP contribution is 2.35. The van der Waals surface area contributed by atoms with Gasteiger partial charge in [0.05, 0.1) is 26.0 Å². The molecule has 1 rings (SSSR count). The molecule has 1 fully saturated rings. The molecule has 0 aromatic heterocycles. The lowest BCUT2D eigenvalue weighted by Gasteiger charge is -2.38. The summed E-state index contributed by atoms with van der Waals surface area (Å²) in [5, 5.41) is 0. The Balaban J connectivity index is 2.55. The summed E-state index contributed by atoms with van der Waals surface area (Å²) in [5.41, 5.74) is 0. The Bertz CT molecular complexity index is 301. The molecule has 0 N–H and O–H groups in total. The summed E-state index contributed by atoms with van der Waals surface area (Å²) >= 11 is 4.28. The van der Waals surface area contributed by atoms with E-state index >= 15 is 0 Å². The largest absolute Gasteiger partial charge is 0.812 e. The molecule has 0 amide bonds. The average molecular weight is 290 g/mol. The van der Waals surface area contributed by atoms with Crippen molar-refractivity contribution >= 4 is 32.9 Å². The van der Waals surface area contributed by atoms with Crippen molar-refractivity contribution in [3.8, 4) is 0 Å². The van der Waals surface area contributed by atoms with Crippen LogP contribution in [0.5, 0.6) is 0 Å². The van der Waals surface area contributed by atoms with Crippen LogP contribution in [-0.2, 0) is 25.8 Å². The molecule has 0 aromatic rings. The lowest BCUT2D eigenvalue weighted by Crippen LogP contribution is -2.32.